The van der Waals surface area contributed by atoms with Crippen LogP contribution in [0.4, 0.5) is 0 Å². The van der Waals surface area contributed by atoms with E-state index < -0.39 is 0 Å². The topological polar surface area (TPSA) is 73.9 Å². The number of aromatic amines is 1. The predicted octanol–water partition coefficient (Wildman–Crippen LogP) is 2.70. The third-order valence-corrected chi connectivity index (χ3v) is 4.35. The number of para-hydroxylation sites is 1. The lowest BCUT2D eigenvalue weighted by Crippen LogP contribution is -2.34. The molecule has 0 saturated carbocycles. The van der Waals surface area contributed by atoms with Crippen LogP contribution in [0.3, 0.4) is 0 Å². The molecule has 0 radical (unpaired) electrons. The van der Waals surface area contributed by atoms with Crippen LogP contribution in [-0.2, 0) is 0 Å². The van der Waals surface area contributed by atoms with Gasteiger partial charge in [0.15, 0.2) is 0 Å². The van der Waals surface area contributed by atoms with E-state index in [2.05, 4.69) is 39.2 Å². The number of nitrogens with zero attached hydrogens (tertiary/aromatic N) is 3. The maximum Gasteiger partial charge on any atom is 0.252 e. The monoisotopic (exact) mass is 337 g/mol. The minimum absolute atomic E-state index is 0.0773. The summed E-state index contributed by atoms with van der Waals surface area (Å²) in [4.78, 5) is 19.7. The van der Waals surface area contributed by atoms with E-state index in [0.717, 1.165) is 36.2 Å². The highest BCUT2D eigenvalue weighted by molar-refractivity contribution is 6.07. The third kappa shape index (κ3) is 3.85. The first kappa shape index (κ1) is 17.1. The van der Waals surface area contributed by atoms with E-state index in [1.807, 2.05) is 36.4 Å². The van der Waals surface area contributed by atoms with Crippen molar-refractivity contribution in [3.8, 4) is 11.4 Å². The Hall–Kier alpha value is -2.73. The fourth-order valence-electron chi connectivity index (χ4n) is 2.86. The lowest BCUT2D eigenvalue weighted by Gasteiger charge is -2.18. The first-order valence-electron chi connectivity index (χ1n) is 8.63. The molecule has 0 saturated heterocycles. The molecule has 6 heteroatoms. The second kappa shape index (κ2) is 7.90. The maximum absolute atomic E-state index is 12.8. The number of rotatable bonds is 7. The molecule has 6 nitrogen and oxygen atoms in total. The Bertz CT molecular complexity index is 840. The number of pyridine rings is 1. The molecule has 0 aliphatic rings. The fourth-order valence-corrected chi connectivity index (χ4v) is 2.86. The fraction of sp³-hybridized carbons (Fsp3) is 0.316. The molecule has 0 aliphatic heterocycles. The normalized spacial score (nSPS) is 11.2. The van der Waals surface area contributed by atoms with Gasteiger partial charge >= 0.3 is 0 Å². The van der Waals surface area contributed by atoms with Crippen LogP contribution in [0, 0.1) is 0 Å². The lowest BCUT2D eigenvalue weighted by molar-refractivity contribution is 0.0950. The van der Waals surface area contributed by atoms with Gasteiger partial charge in [-0.25, -0.2) is 4.98 Å². The van der Waals surface area contributed by atoms with E-state index in [9.17, 15) is 4.79 Å². The molecule has 1 amide bonds. The Kier molecular flexibility index (Phi) is 5.40. The molecule has 0 fully saturated rings. The average Bonchev–Trinajstić information content (AvgIpc) is 3.19. The summed E-state index contributed by atoms with van der Waals surface area (Å²) in [5.74, 6) is -0.0773. The van der Waals surface area contributed by atoms with Gasteiger partial charge < -0.3 is 10.2 Å². The molecule has 25 heavy (non-hydrogen) atoms. The number of benzene rings is 1. The molecular weight excluding hydrogens is 314 g/mol. The highest BCUT2D eigenvalue weighted by Crippen LogP contribution is 2.23. The van der Waals surface area contributed by atoms with Crippen LogP contribution in [0.25, 0.3) is 22.3 Å². The summed E-state index contributed by atoms with van der Waals surface area (Å²) in [5.41, 5.74) is 2.94. The number of hydrogen-bond acceptors (Lipinski definition) is 4. The molecule has 2 heterocycles. The number of nitrogens with one attached hydrogen (secondary N) is 2. The second-order valence-electron chi connectivity index (χ2n) is 5.83. The second-order valence-corrected chi connectivity index (χ2v) is 5.83. The number of amides is 1. The number of likely N-dealkylation sites (N-methyl/N-ethyl adjacent to an activating group) is 1. The molecule has 2 N–H and O–H groups in total. The van der Waals surface area contributed by atoms with Crippen LogP contribution in [0.1, 0.15) is 24.2 Å². The first-order valence-corrected chi connectivity index (χ1v) is 8.63. The predicted molar refractivity (Wildman–Crippen MR) is 99.4 cm³/mol. The van der Waals surface area contributed by atoms with Crippen molar-refractivity contribution < 1.29 is 4.79 Å². The number of hydrogen-bond donors (Lipinski definition) is 2. The Labute approximate surface area is 147 Å². The van der Waals surface area contributed by atoms with Gasteiger partial charge in [-0.3, -0.25) is 9.89 Å². The van der Waals surface area contributed by atoms with E-state index in [0.29, 0.717) is 17.8 Å². The molecule has 0 atom stereocenters. The van der Waals surface area contributed by atoms with Gasteiger partial charge in [-0.05, 0) is 31.3 Å². The van der Waals surface area contributed by atoms with Crippen molar-refractivity contribution in [2.45, 2.75) is 13.8 Å². The molecule has 130 valence electrons. The molecule has 3 aromatic rings. The van der Waals surface area contributed by atoms with Gasteiger partial charge in [0.05, 0.1) is 22.5 Å². The van der Waals surface area contributed by atoms with Gasteiger partial charge in [-0.1, -0.05) is 32.0 Å². The van der Waals surface area contributed by atoms with Crippen molar-refractivity contribution in [2.24, 2.45) is 0 Å². The molecule has 0 bridgehead atoms. The molecule has 3 rings (SSSR count). The van der Waals surface area contributed by atoms with Crippen LogP contribution in [0.15, 0.2) is 42.6 Å². The quantitative estimate of drug-likeness (QED) is 0.695. The van der Waals surface area contributed by atoms with Gasteiger partial charge in [0.25, 0.3) is 5.91 Å². The summed E-state index contributed by atoms with van der Waals surface area (Å²) >= 11 is 0. The van der Waals surface area contributed by atoms with Crippen molar-refractivity contribution >= 4 is 16.8 Å². The van der Waals surface area contributed by atoms with E-state index >= 15 is 0 Å². The zero-order chi connectivity index (χ0) is 17.6. The van der Waals surface area contributed by atoms with Gasteiger partial charge in [-0.2, -0.15) is 5.10 Å². The number of fused-ring (bicyclic) bond motifs is 1. The molecule has 0 spiro atoms. The van der Waals surface area contributed by atoms with E-state index in [1.165, 1.54) is 0 Å². The zero-order valence-electron chi connectivity index (χ0n) is 14.6. The number of aromatic nitrogens is 3. The zero-order valence-corrected chi connectivity index (χ0v) is 14.6. The SMILES string of the molecule is CCN(CC)CCNC(=O)c1cc(-c2ccn[nH]2)nc2ccccc12. The third-order valence-electron chi connectivity index (χ3n) is 4.35. The van der Waals surface area contributed by atoms with E-state index in [-0.39, 0.29) is 5.91 Å². The van der Waals surface area contributed by atoms with Crippen molar-refractivity contribution in [3.05, 3.63) is 48.2 Å². The van der Waals surface area contributed by atoms with Gasteiger partial charge in [0, 0.05) is 24.7 Å². The van der Waals surface area contributed by atoms with Crippen LogP contribution in [0.5, 0.6) is 0 Å². The number of H-pyrrole nitrogens is 1. The summed E-state index contributed by atoms with van der Waals surface area (Å²) in [5, 5.41) is 10.8. The van der Waals surface area contributed by atoms with Crippen LogP contribution in [0.2, 0.25) is 0 Å². The molecule has 0 aliphatic carbocycles. The first-order chi connectivity index (χ1) is 12.2. The van der Waals surface area contributed by atoms with Gasteiger partial charge in [0.1, 0.15) is 0 Å². The molecular formula is C19H23N5O. The van der Waals surface area contributed by atoms with E-state index in [4.69, 9.17) is 0 Å². The Balaban J connectivity index is 1.87. The van der Waals surface area contributed by atoms with Gasteiger partial charge in [-0.15, -0.1) is 0 Å². The van der Waals surface area contributed by atoms with Gasteiger partial charge in [0.2, 0.25) is 0 Å². The average molecular weight is 337 g/mol. The maximum atomic E-state index is 12.8. The Morgan fingerprint density at radius 2 is 2.00 bits per heavy atom. The van der Waals surface area contributed by atoms with Crippen molar-refractivity contribution in [1.29, 1.82) is 0 Å². The largest absolute Gasteiger partial charge is 0.351 e. The lowest BCUT2D eigenvalue weighted by atomic mass is 10.1. The standard InChI is InChI=1S/C19H23N5O/c1-3-24(4-2)12-11-20-19(25)15-13-18(17-9-10-21-23-17)22-16-8-6-5-7-14(15)16/h5-10,13H,3-4,11-12H2,1-2H3,(H,20,25)(H,21,23). The Morgan fingerprint density at radius 1 is 1.20 bits per heavy atom. The summed E-state index contributed by atoms with van der Waals surface area (Å²) in [7, 11) is 0. The van der Waals surface area contributed by atoms with Crippen LogP contribution in [-0.4, -0.2) is 52.2 Å². The summed E-state index contributed by atoms with van der Waals surface area (Å²) in [6.07, 6.45) is 1.68. The Morgan fingerprint density at radius 3 is 2.72 bits per heavy atom. The van der Waals surface area contributed by atoms with Crippen molar-refractivity contribution in [2.75, 3.05) is 26.2 Å². The van der Waals surface area contributed by atoms with E-state index in [1.54, 1.807) is 6.20 Å². The highest BCUT2D eigenvalue weighted by atomic mass is 16.1. The van der Waals surface area contributed by atoms with Crippen molar-refractivity contribution in [1.82, 2.24) is 25.4 Å². The summed E-state index contributed by atoms with van der Waals surface area (Å²) < 4.78 is 0. The highest BCUT2D eigenvalue weighted by Gasteiger charge is 2.14. The van der Waals surface area contributed by atoms with Crippen molar-refractivity contribution in [3.63, 3.8) is 0 Å². The minimum atomic E-state index is -0.0773. The smallest absolute Gasteiger partial charge is 0.252 e. The summed E-state index contributed by atoms with van der Waals surface area (Å²) in [6.45, 7) is 7.67. The summed E-state index contributed by atoms with van der Waals surface area (Å²) in [6, 6.07) is 11.4. The number of carbonyl (C=O) groups is 1. The minimum Gasteiger partial charge on any atom is -0.351 e. The van der Waals surface area contributed by atoms with Crippen LogP contribution >= 0.6 is 0 Å². The van der Waals surface area contributed by atoms with Crippen LogP contribution < -0.4 is 5.32 Å². The molecule has 1 aromatic carbocycles. The molecule has 0 unspecified atom stereocenters. The number of carbonyl (C=O) groups excluding carboxylic acids is 1. The molecule has 2 aromatic heterocycles.